The molecule has 2 heterocycles. The summed E-state index contributed by atoms with van der Waals surface area (Å²) in [4.78, 5) is 12.6. The van der Waals surface area contributed by atoms with Crippen LogP contribution in [0.25, 0.3) is 0 Å². The minimum Gasteiger partial charge on any atom is -0.392 e. The standard InChI is InChI=1S/C11H16N4O2S/c1-15-5-2-8(14-15)13-10(16)11(9(12)18)3-6-17-7-4-11/h2,5H,3-4,6-7H2,1H3,(H2,12,18)(H,13,14,16). The highest BCUT2D eigenvalue weighted by atomic mass is 32.1. The van der Waals surface area contributed by atoms with Crippen LogP contribution >= 0.6 is 12.2 Å². The third-order valence-electron chi connectivity index (χ3n) is 3.21. The average molecular weight is 268 g/mol. The third-order valence-corrected chi connectivity index (χ3v) is 3.60. The van der Waals surface area contributed by atoms with Crippen molar-refractivity contribution < 1.29 is 9.53 Å². The van der Waals surface area contributed by atoms with Gasteiger partial charge >= 0.3 is 0 Å². The topological polar surface area (TPSA) is 82.2 Å². The average Bonchev–Trinajstić information content (AvgIpc) is 2.75. The van der Waals surface area contributed by atoms with Crippen molar-refractivity contribution in [1.82, 2.24) is 9.78 Å². The van der Waals surface area contributed by atoms with E-state index in [1.807, 2.05) is 0 Å². The molecule has 1 aromatic heterocycles. The molecule has 0 aromatic carbocycles. The van der Waals surface area contributed by atoms with E-state index in [-0.39, 0.29) is 10.9 Å². The number of nitrogens with two attached hydrogens (primary N) is 1. The molecule has 1 aliphatic rings. The fourth-order valence-electron chi connectivity index (χ4n) is 2.02. The second-order valence-electron chi connectivity index (χ2n) is 4.39. The Morgan fingerprint density at radius 3 is 2.78 bits per heavy atom. The van der Waals surface area contributed by atoms with Crippen LogP contribution in [0.2, 0.25) is 0 Å². The number of anilines is 1. The second kappa shape index (κ2) is 5.03. The van der Waals surface area contributed by atoms with E-state index in [9.17, 15) is 4.79 Å². The quantitative estimate of drug-likeness (QED) is 0.777. The number of nitrogens with one attached hydrogen (secondary N) is 1. The summed E-state index contributed by atoms with van der Waals surface area (Å²) in [7, 11) is 1.79. The van der Waals surface area contributed by atoms with Gasteiger partial charge in [-0.05, 0) is 12.8 Å². The number of ether oxygens (including phenoxy) is 1. The predicted octanol–water partition coefficient (Wildman–Crippen LogP) is 0.441. The number of hydrogen-bond donors (Lipinski definition) is 2. The number of carbonyl (C=O) groups is 1. The van der Waals surface area contributed by atoms with E-state index in [1.54, 1.807) is 24.0 Å². The first-order valence-electron chi connectivity index (χ1n) is 5.73. The van der Waals surface area contributed by atoms with E-state index in [4.69, 9.17) is 22.7 Å². The number of amides is 1. The molecular weight excluding hydrogens is 252 g/mol. The smallest absolute Gasteiger partial charge is 0.238 e. The summed E-state index contributed by atoms with van der Waals surface area (Å²) >= 11 is 5.06. The van der Waals surface area contributed by atoms with Gasteiger partial charge in [0.15, 0.2) is 5.82 Å². The SMILES string of the molecule is Cn1ccc(NC(=O)C2(C(N)=S)CCOCC2)n1. The van der Waals surface area contributed by atoms with Gasteiger partial charge in [-0.1, -0.05) is 12.2 Å². The number of thiocarbonyl (C=S) groups is 1. The van der Waals surface area contributed by atoms with Crippen LogP contribution in [-0.4, -0.2) is 33.9 Å². The second-order valence-corrected chi connectivity index (χ2v) is 4.83. The molecule has 0 atom stereocenters. The van der Waals surface area contributed by atoms with E-state index in [1.165, 1.54) is 0 Å². The first-order valence-corrected chi connectivity index (χ1v) is 6.14. The lowest BCUT2D eigenvalue weighted by molar-refractivity contribution is -0.126. The van der Waals surface area contributed by atoms with Crippen LogP contribution in [0.4, 0.5) is 5.82 Å². The molecule has 2 rings (SSSR count). The van der Waals surface area contributed by atoms with Gasteiger partial charge < -0.3 is 15.8 Å². The van der Waals surface area contributed by atoms with E-state index in [0.29, 0.717) is 31.9 Å². The minimum absolute atomic E-state index is 0.197. The summed E-state index contributed by atoms with van der Waals surface area (Å²) in [5, 5.41) is 6.87. The molecule has 1 aliphatic heterocycles. The zero-order chi connectivity index (χ0) is 13.2. The number of hydrogen-bond acceptors (Lipinski definition) is 4. The molecule has 1 saturated heterocycles. The lowest BCUT2D eigenvalue weighted by Crippen LogP contribution is -2.49. The van der Waals surface area contributed by atoms with Crippen molar-refractivity contribution in [2.24, 2.45) is 18.2 Å². The van der Waals surface area contributed by atoms with Crippen molar-refractivity contribution in [2.45, 2.75) is 12.8 Å². The number of aromatic nitrogens is 2. The van der Waals surface area contributed by atoms with Crippen LogP contribution in [0.15, 0.2) is 12.3 Å². The molecule has 1 amide bonds. The fraction of sp³-hybridized carbons (Fsp3) is 0.545. The van der Waals surface area contributed by atoms with Gasteiger partial charge in [-0.2, -0.15) is 5.10 Å². The molecule has 98 valence electrons. The summed E-state index contributed by atoms with van der Waals surface area (Å²) < 4.78 is 6.88. The molecule has 0 saturated carbocycles. The zero-order valence-corrected chi connectivity index (χ0v) is 11.0. The molecule has 3 N–H and O–H groups in total. The van der Waals surface area contributed by atoms with E-state index < -0.39 is 5.41 Å². The molecule has 6 nitrogen and oxygen atoms in total. The Morgan fingerprint density at radius 2 is 2.28 bits per heavy atom. The predicted molar refractivity (Wildman–Crippen MR) is 71.1 cm³/mol. The summed E-state index contributed by atoms with van der Waals surface area (Å²) in [5.74, 6) is 0.307. The van der Waals surface area contributed by atoms with E-state index >= 15 is 0 Å². The normalized spacial score (nSPS) is 18.3. The van der Waals surface area contributed by atoms with Gasteiger partial charge in [0.05, 0.1) is 4.99 Å². The molecule has 0 aliphatic carbocycles. The van der Waals surface area contributed by atoms with Gasteiger partial charge in [0.25, 0.3) is 0 Å². The van der Waals surface area contributed by atoms with Crippen LogP contribution in [0.5, 0.6) is 0 Å². The number of aryl methyl sites for hydroxylation is 1. The molecular formula is C11H16N4O2S. The minimum atomic E-state index is -0.814. The highest BCUT2D eigenvalue weighted by molar-refractivity contribution is 7.80. The van der Waals surface area contributed by atoms with Crippen molar-refractivity contribution >= 4 is 28.9 Å². The Hall–Kier alpha value is -1.47. The lowest BCUT2D eigenvalue weighted by Gasteiger charge is -2.34. The van der Waals surface area contributed by atoms with Gasteiger partial charge in [-0.25, -0.2) is 0 Å². The summed E-state index contributed by atoms with van der Waals surface area (Å²) in [6, 6.07) is 1.73. The maximum Gasteiger partial charge on any atom is 0.238 e. The molecule has 0 radical (unpaired) electrons. The maximum absolute atomic E-state index is 12.4. The van der Waals surface area contributed by atoms with E-state index in [2.05, 4.69) is 10.4 Å². The molecule has 0 unspecified atom stereocenters. The van der Waals surface area contributed by atoms with Gasteiger partial charge in [-0.3, -0.25) is 9.48 Å². The highest BCUT2D eigenvalue weighted by Crippen LogP contribution is 2.32. The van der Waals surface area contributed by atoms with Crippen molar-refractivity contribution in [2.75, 3.05) is 18.5 Å². The molecule has 0 spiro atoms. The van der Waals surface area contributed by atoms with Gasteiger partial charge in [0.1, 0.15) is 5.41 Å². The summed E-state index contributed by atoms with van der Waals surface area (Å²) in [6.07, 6.45) is 2.79. The molecule has 1 fully saturated rings. The summed E-state index contributed by atoms with van der Waals surface area (Å²) in [5.41, 5.74) is 4.94. The Balaban J connectivity index is 2.16. The van der Waals surface area contributed by atoms with Crippen LogP contribution in [0, 0.1) is 5.41 Å². The van der Waals surface area contributed by atoms with Crippen LogP contribution < -0.4 is 11.1 Å². The van der Waals surface area contributed by atoms with Gasteiger partial charge in [0, 0.05) is 32.5 Å². The van der Waals surface area contributed by atoms with Gasteiger partial charge in [-0.15, -0.1) is 0 Å². The lowest BCUT2D eigenvalue weighted by atomic mass is 9.79. The van der Waals surface area contributed by atoms with E-state index in [0.717, 1.165) is 0 Å². The van der Waals surface area contributed by atoms with Crippen LogP contribution in [0.3, 0.4) is 0 Å². The molecule has 7 heteroatoms. The number of carbonyl (C=O) groups excluding carboxylic acids is 1. The summed E-state index contributed by atoms with van der Waals surface area (Å²) in [6.45, 7) is 0.986. The zero-order valence-electron chi connectivity index (χ0n) is 10.2. The largest absolute Gasteiger partial charge is 0.392 e. The Bertz CT molecular complexity index is 465. The highest BCUT2D eigenvalue weighted by Gasteiger charge is 2.43. The van der Waals surface area contributed by atoms with Gasteiger partial charge in [0.2, 0.25) is 5.91 Å². The Kier molecular flexibility index (Phi) is 3.63. The van der Waals surface area contributed by atoms with Crippen molar-refractivity contribution in [3.63, 3.8) is 0 Å². The Morgan fingerprint density at radius 1 is 1.61 bits per heavy atom. The fourth-order valence-corrected chi connectivity index (χ4v) is 2.32. The van der Waals surface area contributed by atoms with Crippen molar-refractivity contribution in [3.8, 4) is 0 Å². The Labute approximate surface area is 110 Å². The van der Waals surface area contributed by atoms with Crippen LogP contribution in [0.1, 0.15) is 12.8 Å². The number of rotatable bonds is 3. The van der Waals surface area contributed by atoms with Crippen LogP contribution in [-0.2, 0) is 16.6 Å². The molecule has 18 heavy (non-hydrogen) atoms. The van der Waals surface area contributed by atoms with Crippen molar-refractivity contribution in [3.05, 3.63) is 12.3 Å². The first-order chi connectivity index (χ1) is 8.54. The first kappa shape index (κ1) is 13.0. The number of nitrogens with zero attached hydrogens (tertiary/aromatic N) is 2. The third kappa shape index (κ3) is 2.37. The molecule has 1 aromatic rings. The molecule has 0 bridgehead atoms. The maximum atomic E-state index is 12.4. The monoisotopic (exact) mass is 268 g/mol. The van der Waals surface area contributed by atoms with Crippen molar-refractivity contribution in [1.29, 1.82) is 0 Å².